The molecule has 3 fully saturated rings. The van der Waals surface area contributed by atoms with E-state index in [1.165, 1.54) is 0 Å². The van der Waals surface area contributed by atoms with Gasteiger partial charge in [-0.05, 0) is 0 Å². The highest BCUT2D eigenvalue weighted by Gasteiger charge is 2.53. The minimum atomic E-state index is -0.252. The van der Waals surface area contributed by atoms with Crippen LogP contribution in [0.15, 0.2) is 18.6 Å². The van der Waals surface area contributed by atoms with Gasteiger partial charge < -0.3 is 19.6 Å². The summed E-state index contributed by atoms with van der Waals surface area (Å²) in [5.74, 6) is 1.28. The Kier molecular flexibility index (Phi) is 4.58. The molecule has 2 unspecified atom stereocenters. The van der Waals surface area contributed by atoms with Crippen LogP contribution >= 0.6 is 0 Å². The summed E-state index contributed by atoms with van der Waals surface area (Å²) in [6.45, 7) is 6.42. The van der Waals surface area contributed by atoms with Crippen LogP contribution in [0.1, 0.15) is 0 Å². The molecule has 0 radical (unpaired) electrons. The smallest absolute Gasteiger partial charge is 0.236 e. The summed E-state index contributed by atoms with van der Waals surface area (Å²) >= 11 is 0. The molecule has 1 N–H and O–H groups in total. The lowest BCUT2D eigenvalue weighted by Crippen LogP contribution is -2.46. The number of nitrogens with zero attached hydrogens (tertiary/aromatic N) is 5. The lowest BCUT2D eigenvalue weighted by atomic mass is 9.82. The molecule has 0 spiro atoms. The Labute approximate surface area is 147 Å². The monoisotopic (exact) mass is 347 g/mol. The van der Waals surface area contributed by atoms with Crippen molar-refractivity contribution in [1.29, 1.82) is 0 Å². The van der Waals surface area contributed by atoms with Gasteiger partial charge >= 0.3 is 0 Å². The van der Waals surface area contributed by atoms with Gasteiger partial charge in [0.1, 0.15) is 5.82 Å². The maximum Gasteiger partial charge on any atom is 0.236 e. The van der Waals surface area contributed by atoms with Gasteiger partial charge in [-0.3, -0.25) is 14.7 Å². The molecule has 3 aliphatic heterocycles. The largest absolute Gasteiger partial charge is 0.396 e. The van der Waals surface area contributed by atoms with Gasteiger partial charge in [-0.1, -0.05) is 0 Å². The van der Waals surface area contributed by atoms with Crippen LogP contribution in [0.2, 0.25) is 0 Å². The van der Waals surface area contributed by atoms with Gasteiger partial charge in [-0.15, -0.1) is 0 Å². The van der Waals surface area contributed by atoms with E-state index in [1.54, 1.807) is 18.6 Å². The van der Waals surface area contributed by atoms with Crippen molar-refractivity contribution >= 4 is 11.7 Å². The van der Waals surface area contributed by atoms with E-state index in [-0.39, 0.29) is 23.8 Å². The maximum absolute atomic E-state index is 12.7. The molecule has 0 bridgehead atoms. The Morgan fingerprint density at radius 2 is 2.12 bits per heavy atom. The van der Waals surface area contributed by atoms with Gasteiger partial charge in [0.2, 0.25) is 5.91 Å². The number of rotatable bonds is 4. The number of hydrogen-bond donors (Lipinski definition) is 1. The van der Waals surface area contributed by atoms with E-state index < -0.39 is 0 Å². The third-order valence-corrected chi connectivity index (χ3v) is 5.76. The fourth-order valence-corrected chi connectivity index (χ4v) is 4.27. The summed E-state index contributed by atoms with van der Waals surface area (Å²) in [7, 11) is 0. The van der Waals surface area contributed by atoms with Crippen LogP contribution < -0.4 is 4.90 Å². The SMILES string of the molecule is O=C(CN1CCOCC1)N1CC2CN(c3cnccn3)CC2(CO)C1. The zero-order valence-electron chi connectivity index (χ0n) is 14.4. The molecular weight excluding hydrogens is 322 g/mol. The standard InChI is InChI=1S/C17H25N5O3/c23-13-17-11-21(15-7-18-1-2-19-15)8-14(17)9-22(12-17)16(24)10-20-3-5-25-6-4-20/h1-2,7,14,23H,3-6,8-13H2. The van der Waals surface area contributed by atoms with Crippen LogP contribution in [-0.4, -0.2) is 96.4 Å². The van der Waals surface area contributed by atoms with Crippen LogP contribution in [0.4, 0.5) is 5.82 Å². The summed E-state index contributed by atoms with van der Waals surface area (Å²) in [5, 5.41) is 10.1. The summed E-state index contributed by atoms with van der Waals surface area (Å²) in [6.07, 6.45) is 5.11. The van der Waals surface area contributed by atoms with E-state index >= 15 is 0 Å². The Bertz CT molecular complexity index is 610. The predicted molar refractivity (Wildman–Crippen MR) is 91.1 cm³/mol. The van der Waals surface area contributed by atoms with Crippen molar-refractivity contribution in [3.8, 4) is 0 Å². The van der Waals surface area contributed by atoms with Gasteiger partial charge in [0.05, 0.1) is 32.6 Å². The first-order valence-electron chi connectivity index (χ1n) is 8.90. The van der Waals surface area contributed by atoms with Gasteiger partial charge in [0.25, 0.3) is 0 Å². The molecule has 8 nitrogen and oxygen atoms in total. The predicted octanol–water partition coefficient (Wildman–Crippen LogP) is -0.934. The molecule has 3 saturated heterocycles. The van der Waals surface area contributed by atoms with Gasteiger partial charge in [-0.25, -0.2) is 4.98 Å². The van der Waals surface area contributed by atoms with Crippen molar-refractivity contribution in [2.75, 3.05) is 70.5 Å². The molecule has 8 heteroatoms. The molecule has 136 valence electrons. The minimum Gasteiger partial charge on any atom is -0.396 e. The number of aromatic nitrogens is 2. The molecule has 2 atom stereocenters. The van der Waals surface area contributed by atoms with Crippen molar-refractivity contribution in [3.05, 3.63) is 18.6 Å². The van der Waals surface area contributed by atoms with Crippen LogP contribution in [0.25, 0.3) is 0 Å². The highest BCUT2D eigenvalue weighted by atomic mass is 16.5. The molecule has 0 aliphatic carbocycles. The molecular formula is C17H25N5O3. The number of ether oxygens (including phenoxy) is 1. The van der Waals surface area contributed by atoms with Crippen molar-refractivity contribution in [1.82, 2.24) is 19.8 Å². The van der Waals surface area contributed by atoms with Crippen LogP contribution in [-0.2, 0) is 9.53 Å². The first-order chi connectivity index (χ1) is 12.2. The second-order valence-electron chi connectivity index (χ2n) is 7.32. The first kappa shape index (κ1) is 16.7. The zero-order valence-corrected chi connectivity index (χ0v) is 14.4. The van der Waals surface area contributed by atoms with E-state index in [1.807, 2.05) is 4.90 Å². The Morgan fingerprint density at radius 3 is 2.80 bits per heavy atom. The Morgan fingerprint density at radius 1 is 1.28 bits per heavy atom. The molecule has 1 amide bonds. The third kappa shape index (κ3) is 3.21. The van der Waals surface area contributed by atoms with Crippen LogP contribution in [0.5, 0.6) is 0 Å². The number of carbonyl (C=O) groups excluding carboxylic acids is 1. The number of aliphatic hydroxyl groups excluding tert-OH is 1. The summed E-state index contributed by atoms with van der Waals surface area (Å²) in [5.41, 5.74) is -0.252. The average molecular weight is 347 g/mol. The van der Waals surface area contributed by atoms with Crippen molar-refractivity contribution in [3.63, 3.8) is 0 Å². The number of amides is 1. The van der Waals surface area contributed by atoms with Gasteiger partial charge in [0, 0.05) is 63.0 Å². The van der Waals surface area contributed by atoms with Gasteiger partial charge in [-0.2, -0.15) is 0 Å². The number of aliphatic hydroxyl groups is 1. The number of morpholine rings is 1. The summed E-state index contributed by atoms with van der Waals surface area (Å²) in [6, 6.07) is 0. The molecule has 25 heavy (non-hydrogen) atoms. The fourth-order valence-electron chi connectivity index (χ4n) is 4.27. The topological polar surface area (TPSA) is 82.0 Å². The van der Waals surface area contributed by atoms with E-state index in [4.69, 9.17) is 4.74 Å². The number of hydrogen-bond acceptors (Lipinski definition) is 7. The van der Waals surface area contributed by atoms with Crippen LogP contribution in [0, 0.1) is 11.3 Å². The molecule has 4 heterocycles. The number of likely N-dealkylation sites (tertiary alicyclic amines) is 1. The summed E-state index contributed by atoms with van der Waals surface area (Å²) in [4.78, 5) is 27.4. The third-order valence-electron chi connectivity index (χ3n) is 5.76. The fraction of sp³-hybridized carbons (Fsp3) is 0.706. The molecule has 1 aromatic heterocycles. The Hall–Kier alpha value is -1.77. The highest BCUT2D eigenvalue weighted by Crippen LogP contribution is 2.43. The second kappa shape index (κ2) is 6.86. The van der Waals surface area contributed by atoms with Crippen LogP contribution in [0.3, 0.4) is 0 Å². The lowest BCUT2D eigenvalue weighted by molar-refractivity contribution is -0.133. The molecule has 0 aromatic carbocycles. The van der Waals surface area contributed by atoms with Gasteiger partial charge in [0.15, 0.2) is 0 Å². The molecule has 1 aromatic rings. The normalized spacial score (nSPS) is 29.9. The van der Waals surface area contributed by atoms with Crippen molar-refractivity contribution in [2.24, 2.45) is 11.3 Å². The number of carbonyl (C=O) groups is 1. The molecule has 3 aliphatic rings. The lowest BCUT2D eigenvalue weighted by Gasteiger charge is -2.30. The second-order valence-corrected chi connectivity index (χ2v) is 7.32. The molecule has 0 saturated carbocycles. The quantitative estimate of drug-likeness (QED) is 0.753. The first-order valence-corrected chi connectivity index (χ1v) is 8.90. The summed E-state index contributed by atoms with van der Waals surface area (Å²) < 4.78 is 5.34. The highest BCUT2D eigenvalue weighted by molar-refractivity contribution is 5.79. The van der Waals surface area contributed by atoms with Crippen molar-refractivity contribution < 1.29 is 14.6 Å². The minimum absolute atomic E-state index is 0.0930. The Balaban J connectivity index is 1.40. The number of anilines is 1. The zero-order chi connectivity index (χ0) is 17.3. The maximum atomic E-state index is 12.7. The van der Waals surface area contributed by atoms with E-state index in [0.717, 1.165) is 25.5 Å². The van der Waals surface area contributed by atoms with E-state index in [9.17, 15) is 9.90 Å². The molecule has 4 rings (SSSR count). The van der Waals surface area contributed by atoms with E-state index in [0.29, 0.717) is 39.4 Å². The number of fused-ring (bicyclic) bond motifs is 1. The average Bonchev–Trinajstić information content (AvgIpc) is 3.18. The van der Waals surface area contributed by atoms with E-state index in [2.05, 4.69) is 19.8 Å². The van der Waals surface area contributed by atoms with Crippen molar-refractivity contribution in [2.45, 2.75) is 0 Å².